The van der Waals surface area contributed by atoms with Crippen molar-refractivity contribution in [3.8, 4) is 0 Å². The van der Waals surface area contributed by atoms with Gasteiger partial charge >= 0.3 is 0 Å². The highest BCUT2D eigenvalue weighted by Gasteiger charge is 2.44. The van der Waals surface area contributed by atoms with Gasteiger partial charge in [-0.15, -0.1) is 0 Å². The molecule has 2 rings (SSSR count). The molecule has 80 valence electrons. The average molecular weight is 197 g/mol. The second-order valence-corrected chi connectivity index (χ2v) is 4.28. The van der Waals surface area contributed by atoms with Gasteiger partial charge in [-0.2, -0.15) is 0 Å². The van der Waals surface area contributed by atoms with Crippen molar-refractivity contribution in [1.29, 1.82) is 0 Å². The quantitative estimate of drug-likeness (QED) is 0.668. The first-order valence-corrected chi connectivity index (χ1v) is 5.37. The van der Waals surface area contributed by atoms with Crippen molar-refractivity contribution < 1.29 is 4.74 Å². The van der Waals surface area contributed by atoms with E-state index in [4.69, 9.17) is 10.5 Å². The molecule has 2 N–H and O–H groups in total. The third kappa shape index (κ3) is 1.38. The molecule has 0 aromatic rings. The number of guanidine groups is 1. The molecule has 1 fully saturated rings. The summed E-state index contributed by atoms with van der Waals surface area (Å²) >= 11 is 0. The Labute approximate surface area is 85.1 Å². The number of nitrogens with zero attached hydrogens (tertiary/aromatic N) is 2. The van der Waals surface area contributed by atoms with Crippen LogP contribution in [-0.4, -0.2) is 42.2 Å². The van der Waals surface area contributed by atoms with Gasteiger partial charge in [0, 0.05) is 13.2 Å². The van der Waals surface area contributed by atoms with Crippen molar-refractivity contribution in [3.05, 3.63) is 0 Å². The highest BCUT2D eigenvalue weighted by atomic mass is 16.5. The van der Waals surface area contributed by atoms with Crippen molar-refractivity contribution in [2.45, 2.75) is 38.3 Å². The lowest BCUT2D eigenvalue weighted by Gasteiger charge is -2.43. The molecule has 2 heterocycles. The molecule has 0 bridgehead atoms. The van der Waals surface area contributed by atoms with E-state index in [2.05, 4.69) is 23.7 Å². The predicted octanol–water partition coefficient (Wildman–Crippen LogP) is 0.574. The van der Waals surface area contributed by atoms with Crippen LogP contribution in [0.1, 0.15) is 26.7 Å². The third-order valence-electron chi connectivity index (χ3n) is 3.34. The van der Waals surface area contributed by atoms with Gasteiger partial charge in [0.2, 0.25) is 0 Å². The zero-order valence-electron chi connectivity index (χ0n) is 8.99. The van der Waals surface area contributed by atoms with E-state index in [0.717, 1.165) is 32.5 Å². The highest BCUT2D eigenvalue weighted by Crippen LogP contribution is 2.34. The van der Waals surface area contributed by atoms with Gasteiger partial charge < -0.3 is 15.4 Å². The number of hydrogen-bond acceptors (Lipinski definition) is 4. The maximum absolute atomic E-state index is 5.88. The number of ether oxygens (including phenoxy) is 1. The van der Waals surface area contributed by atoms with Crippen LogP contribution in [-0.2, 0) is 4.74 Å². The van der Waals surface area contributed by atoms with Crippen LogP contribution in [0.3, 0.4) is 0 Å². The molecule has 0 amide bonds. The van der Waals surface area contributed by atoms with Crippen molar-refractivity contribution in [1.82, 2.24) is 4.90 Å². The SMILES string of the molecule is CCN1C(N)=NCC12CCOC(C)C2. The topological polar surface area (TPSA) is 50.8 Å². The van der Waals surface area contributed by atoms with E-state index in [9.17, 15) is 0 Å². The Morgan fingerprint density at radius 3 is 3.14 bits per heavy atom. The van der Waals surface area contributed by atoms with Crippen LogP contribution < -0.4 is 5.73 Å². The number of aliphatic imine (C=N–C) groups is 1. The second kappa shape index (κ2) is 3.42. The van der Waals surface area contributed by atoms with Gasteiger partial charge in [-0.3, -0.25) is 4.99 Å². The molecule has 4 heteroatoms. The lowest BCUT2D eigenvalue weighted by atomic mass is 9.86. The van der Waals surface area contributed by atoms with Crippen molar-refractivity contribution in [2.24, 2.45) is 10.7 Å². The van der Waals surface area contributed by atoms with Crippen molar-refractivity contribution in [2.75, 3.05) is 19.7 Å². The van der Waals surface area contributed by atoms with E-state index in [-0.39, 0.29) is 5.54 Å². The fourth-order valence-corrected chi connectivity index (χ4v) is 2.67. The minimum absolute atomic E-state index is 0.163. The summed E-state index contributed by atoms with van der Waals surface area (Å²) in [6, 6.07) is 0. The summed E-state index contributed by atoms with van der Waals surface area (Å²) in [6.45, 7) is 6.89. The van der Waals surface area contributed by atoms with E-state index in [1.807, 2.05) is 0 Å². The zero-order valence-corrected chi connectivity index (χ0v) is 8.99. The van der Waals surface area contributed by atoms with E-state index < -0.39 is 0 Å². The Kier molecular flexibility index (Phi) is 2.39. The van der Waals surface area contributed by atoms with Crippen molar-refractivity contribution >= 4 is 5.96 Å². The largest absolute Gasteiger partial charge is 0.378 e. The fraction of sp³-hybridized carbons (Fsp3) is 0.900. The maximum Gasteiger partial charge on any atom is 0.191 e. The molecular formula is C10H19N3O. The van der Waals surface area contributed by atoms with Crippen LogP contribution in [0.4, 0.5) is 0 Å². The summed E-state index contributed by atoms with van der Waals surface area (Å²) in [6.07, 6.45) is 2.43. The maximum atomic E-state index is 5.88. The average Bonchev–Trinajstić information content (AvgIpc) is 2.43. The fourth-order valence-electron chi connectivity index (χ4n) is 2.67. The summed E-state index contributed by atoms with van der Waals surface area (Å²) in [5.74, 6) is 0.710. The normalized spacial score (nSPS) is 37.7. The van der Waals surface area contributed by atoms with E-state index in [0.29, 0.717) is 12.1 Å². The first-order valence-electron chi connectivity index (χ1n) is 5.37. The van der Waals surface area contributed by atoms with Crippen LogP contribution in [0, 0.1) is 0 Å². The zero-order chi connectivity index (χ0) is 10.2. The molecule has 2 unspecified atom stereocenters. The molecule has 2 atom stereocenters. The van der Waals surface area contributed by atoms with E-state index in [1.165, 1.54) is 0 Å². The van der Waals surface area contributed by atoms with Gasteiger partial charge in [-0.25, -0.2) is 0 Å². The summed E-state index contributed by atoms with van der Waals surface area (Å²) < 4.78 is 5.57. The number of hydrogen-bond donors (Lipinski definition) is 1. The Morgan fingerprint density at radius 1 is 1.71 bits per heavy atom. The minimum atomic E-state index is 0.163. The predicted molar refractivity (Wildman–Crippen MR) is 56.2 cm³/mol. The van der Waals surface area contributed by atoms with Gasteiger partial charge in [0.1, 0.15) is 0 Å². The molecule has 0 saturated carbocycles. The van der Waals surface area contributed by atoms with Crippen LogP contribution in [0.2, 0.25) is 0 Å². The monoisotopic (exact) mass is 197 g/mol. The summed E-state index contributed by atoms with van der Waals surface area (Å²) in [7, 11) is 0. The Morgan fingerprint density at radius 2 is 2.50 bits per heavy atom. The molecule has 2 aliphatic rings. The lowest BCUT2D eigenvalue weighted by Crippen LogP contribution is -2.55. The van der Waals surface area contributed by atoms with E-state index in [1.54, 1.807) is 0 Å². The summed E-state index contributed by atoms with van der Waals surface area (Å²) in [4.78, 5) is 6.61. The number of likely N-dealkylation sites (N-methyl/N-ethyl adjacent to an activating group) is 1. The third-order valence-corrected chi connectivity index (χ3v) is 3.34. The molecule has 0 aromatic carbocycles. The summed E-state index contributed by atoms with van der Waals surface area (Å²) in [5.41, 5.74) is 6.04. The van der Waals surface area contributed by atoms with Gasteiger partial charge in [0.05, 0.1) is 18.2 Å². The first kappa shape index (κ1) is 9.77. The highest BCUT2D eigenvalue weighted by molar-refractivity contribution is 5.81. The van der Waals surface area contributed by atoms with Crippen molar-refractivity contribution in [3.63, 3.8) is 0 Å². The van der Waals surface area contributed by atoms with E-state index >= 15 is 0 Å². The van der Waals surface area contributed by atoms with Gasteiger partial charge in [-0.1, -0.05) is 0 Å². The first-order chi connectivity index (χ1) is 6.68. The molecule has 0 aromatic heterocycles. The molecule has 0 radical (unpaired) electrons. The number of rotatable bonds is 1. The molecular weight excluding hydrogens is 178 g/mol. The molecule has 1 saturated heterocycles. The van der Waals surface area contributed by atoms with Crippen LogP contribution in [0.5, 0.6) is 0 Å². The van der Waals surface area contributed by atoms with Gasteiger partial charge in [-0.05, 0) is 26.7 Å². The number of nitrogens with two attached hydrogens (primary N) is 1. The van der Waals surface area contributed by atoms with Crippen LogP contribution in [0.25, 0.3) is 0 Å². The Hall–Kier alpha value is -0.770. The summed E-state index contributed by atoms with van der Waals surface area (Å²) in [5, 5.41) is 0. The standard InChI is InChI=1S/C10H19N3O/c1-3-13-9(11)12-7-10(13)4-5-14-8(2)6-10/h8H,3-7H2,1-2H3,(H2,11,12). The van der Waals surface area contributed by atoms with Gasteiger partial charge in [0.25, 0.3) is 0 Å². The van der Waals surface area contributed by atoms with Crippen LogP contribution >= 0.6 is 0 Å². The molecule has 14 heavy (non-hydrogen) atoms. The second-order valence-electron chi connectivity index (χ2n) is 4.28. The Bertz CT molecular complexity index is 254. The molecule has 1 spiro atoms. The van der Waals surface area contributed by atoms with Crippen LogP contribution in [0.15, 0.2) is 4.99 Å². The minimum Gasteiger partial charge on any atom is -0.378 e. The molecule has 4 nitrogen and oxygen atoms in total. The Balaban J connectivity index is 2.16. The molecule has 2 aliphatic heterocycles. The van der Waals surface area contributed by atoms with Gasteiger partial charge in [0.15, 0.2) is 5.96 Å². The molecule has 0 aliphatic carbocycles. The lowest BCUT2D eigenvalue weighted by molar-refractivity contribution is -0.0372. The smallest absolute Gasteiger partial charge is 0.191 e.